The number of ether oxygens (including phenoxy) is 1. The first-order valence-electron chi connectivity index (χ1n) is 5.73. The van der Waals surface area contributed by atoms with Crippen molar-refractivity contribution in [2.24, 2.45) is 5.92 Å². The molecule has 1 nitrogen and oxygen atoms in total. The molecule has 16 heavy (non-hydrogen) atoms. The number of hydrogen-bond acceptors (Lipinski definition) is 1. The van der Waals surface area contributed by atoms with Crippen LogP contribution in [0.2, 0.25) is 0 Å². The summed E-state index contributed by atoms with van der Waals surface area (Å²) >= 11 is 0. The predicted octanol–water partition coefficient (Wildman–Crippen LogP) is 4.06. The first-order chi connectivity index (χ1) is 7.70. The Bertz CT molecular complexity index is 423. The lowest BCUT2D eigenvalue weighted by Crippen LogP contribution is -2.00. The van der Waals surface area contributed by atoms with Crippen LogP contribution in [0.3, 0.4) is 0 Å². The van der Waals surface area contributed by atoms with E-state index in [0.29, 0.717) is 5.92 Å². The SMILES string of the molecule is COc1ccc(C2=CCC(C)C(C)=C2)cc1. The van der Waals surface area contributed by atoms with E-state index in [4.69, 9.17) is 4.74 Å². The van der Waals surface area contributed by atoms with E-state index in [1.165, 1.54) is 16.7 Å². The van der Waals surface area contributed by atoms with Crippen molar-refractivity contribution < 1.29 is 4.74 Å². The fourth-order valence-electron chi connectivity index (χ4n) is 1.92. The van der Waals surface area contributed by atoms with E-state index in [9.17, 15) is 0 Å². The highest BCUT2D eigenvalue weighted by Gasteiger charge is 2.10. The van der Waals surface area contributed by atoms with Gasteiger partial charge in [-0.1, -0.05) is 36.8 Å². The van der Waals surface area contributed by atoms with Gasteiger partial charge in [0, 0.05) is 0 Å². The summed E-state index contributed by atoms with van der Waals surface area (Å²) in [7, 11) is 1.70. The first-order valence-corrected chi connectivity index (χ1v) is 5.73. The third-order valence-corrected chi connectivity index (χ3v) is 3.28. The van der Waals surface area contributed by atoms with Crippen LogP contribution >= 0.6 is 0 Å². The van der Waals surface area contributed by atoms with Crippen LogP contribution < -0.4 is 4.74 Å². The average molecular weight is 214 g/mol. The van der Waals surface area contributed by atoms with E-state index in [-0.39, 0.29) is 0 Å². The maximum Gasteiger partial charge on any atom is 0.118 e. The molecule has 2 rings (SSSR count). The number of methoxy groups -OCH3 is 1. The van der Waals surface area contributed by atoms with Gasteiger partial charge in [-0.3, -0.25) is 0 Å². The molecule has 0 saturated carbocycles. The number of benzene rings is 1. The summed E-state index contributed by atoms with van der Waals surface area (Å²) in [6, 6.07) is 8.25. The van der Waals surface area contributed by atoms with Crippen molar-refractivity contribution in [2.45, 2.75) is 20.3 Å². The highest BCUT2D eigenvalue weighted by molar-refractivity contribution is 5.76. The monoisotopic (exact) mass is 214 g/mol. The lowest BCUT2D eigenvalue weighted by molar-refractivity contribution is 0.415. The zero-order valence-corrected chi connectivity index (χ0v) is 10.2. The fourth-order valence-corrected chi connectivity index (χ4v) is 1.92. The van der Waals surface area contributed by atoms with Crippen LogP contribution in [0, 0.1) is 5.92 Å². The lowest BCUT2D eigenvalue weighted by atomic mass is 9.88. The number of allylic oxidation sites excluding steroid dienone is 4. The highest BCUT2D eigenvalue weighted by atomic mass is 16.5. The second kappa shape index (κ2) is 4.56. The van der Waals surface area contributed by atoms with Crippen molar-refractivity contribution in [3.05, 3.63) is 47.6 Å². The van der Waals surface area contributed by atoms with E-state index in [0.717, 1.165) is 12.2 Å². The number of rotatable bonds is 2. The van der Waals surface area contributed by atoms with E-state index in [2.05, 4.69) is 38.1 Å². The van der Waals surface area contributed by atoms with E-state index < -0.39 is 0 Å². The Labute approximate surface area is 97.4 Å². The second-order valence-electron chi connectivity index (χ2n) is 4.41. The van der Waals surface area contributed by atoms with Gasteiger partial charge in [-0.2, -0.15) is 0 Å². The molecule has 1 aromatic carbocycles. The molecule has 1 atom stereocenters. The van der Waals surface area contributed by atoms with Gasteiger partial charge in [0.25, 0.3) is 0 Å². The van der Waals surface area contributed by atoms with E-state index in [1.807, 2.05) is 12.1 Å². The van der Waals surface area contributed by atoms with Crippen molar-refractivity contribution >= 4 is 5.57 Å². The molecule has 0 radical (unpaired) electrons. The van der Waals surface area contributed by atoms with Gasteiger partial charge in [0.2, 0.25) is 0 Å². The van der Waals surface area contributed by atoms with Gasteiger partial charge in [0.15, 0.2) is 0 Å². The smallest absolute Gasteiger partial charge is 0.118 e. The molecule has 0 N–H and O–H groups in total. The first kappa shape index (κ1) is 11.0. The minimum atomic E-state index is 0.682. The molecular formula is C15H18O. The summed E-state index contributed by atoms with van der Waals surface area (Å²) in [6.07, 6.45) is 5.75. The molecule has 0 amide bonds. The van der Waals surface area contributed by atoms with Crippen molar-refractivity contribution in [3.8, 4) is 5.75 Å². The molecule has 0 heterocycles. The minimum Gasteiger partial charge on any atom is -0.497 e. The van der Waals surface area contributed by atoms with Crippen LogP contribution in [0.25, 0.3) is 5.57 Å². The Balaban J connectivity index is 2.25. The van der Waals surface area contributed by atoms with Crippen LogP contribution in [-0.2, 0) is 0 Å². The Morgan fingerprint density at radius 3 is 2.44 bits per heavy atom. The molecule has 0 spiro atoms. The fraction of sp³-hybridized carbons (Fsp3) is 0.333. The van der Waals surface area contributed by atoms with E-state index in [1.54, 1.807) is 7.11 Å². The molecule has 0 saturated heterocycles. The number of hydrogen-bond donors (Lipinski definition) is 0. The molecule has 0 aliphatic heterocycles. The van der Waals surface area contributed by atoms with Gasteiger partial charge in [-0.15, -0.1) is 0 Å². The molecular weight excluding hydrogens is 196 g/mol. The summed E-state index contributed by atoms with van der Waals surface area (Å²) < 4.78 is 5.16. The van der Waals surface area contributed by atoms with Crippen LogP contribution in [0.5, 0.6) is 5.75 Å². The molecule has 84 valence electrons. The predicted molar refractivity (Wildman–Crippen MR) is 68.5 cm³/mol. The summed E-state index contributed by atoms with van der Waals surface area (Å²) in [5.41, 5.74) is 4.07. The van der Waals surface area contributed by atoms with Crippen molar-refractivity contribution in [2.75, 3.05) is 7.11 Å². The minimum absolute atomic E-state index is 0.682. The highest BCUT2D eigenvalue weighted by Crippen LogP contribution is 2.29. The third-order valence-electron chi connectivity index (χ3n) is 3.28. The maximum absolute atomic E-state index is 5.16. The normalized spacial score (nSPS) is 20.1. The van der Waals surface area contributed by atoms with Crippen molar-refractivity contribution in [1.29, 1.82) is 0 Å². The Hall–Kier alpha value is -1.50. The summed E-state index contributed by atoms with van der Waals surface area (Å²) in [5.74, 6) is 1.59. The van der Waals surface area contributed by atoms with Gasteiger partial charge in [0.1, 0.15) is 5.75 Å². The van der Waals surface area contributed by atoms with E-state index >= 15 is 0 Å². The van der Waals surface area contributed by atoms with Gasteiger partial charge in [-0.25, -0.2) is 0 Å². The van der Waals surface area contributed by atoms with Gasteiger partial charge in [0.05, 0.1) is 7.11 Å². The Morgan fingerprint density at radius 1 is 1.19 bits per heavy atom. The molecule has 0 aromatic heterocycles. The quantitative estimate of drug-likeness (QED) is 0.721. The topological polar surface area (TPSA) is 9.23 Å². The molecule has 1 aliphatic rings. The zero-order valence-electron chi connectivity index (χ0n) is 10.2. The van der Waals surface area contributed by atoms with Crippen LogP contribution in [0.1, 0.15) is 25.8 Å². The van der Waals surface area contributed by atoms with Crippen LogP contribution in [0.15, 0.2) is 42.0 Å². The summed E-state index contributed by atoms with van der Waals surface area (Å²) in [5, 5.41) is 0. The van der Waals surface area contributed by atoms with Crippen molar-refractivity contribution in [3.63, 3.8) is 0 Å². The second-order valence-corrected chi connectivity index (χ2v) is 4.41. The molecule has 0 bridgehead atoms. The Morgan fingerprint density at radius 2 is 1.88 bits per heavy atom. The summed E-state index contributed by atoms with van der Waals surface area (Å²) in [6.45, 7) is 4.48. The van der Waals surface area contributed by atoms with Crippen molar-refractivity contribution in [1.82, 2.24) is 0 Å². The maximum atomic E-state index is 5.16. The Kier molecular flexibility index (Phi) is 3.14. The third kappa shape index (κ3) is 2.19. The van der Waals surface area contributed by atoms with Crippen LogP contribution in [0.4, 0.5) is 0 Å². The largest absolute Gasteiger partial charge is 0.497 e. The molecule has 1 aliphatic carbocycles. The summed E-state index contributed by atoms with van der Waals surface area (Å²) in [4.78, 5) is 0. The molecule has 1 aromatic rings. The molecule has 0 fully saturated rings. The van der Waals surface area contributed by atoms with Gasteiger partial charge >= 0.3 is 0 Å². The van der Waals surface area contributed by atoms with Crippen LogP contribution in [-0.4, -0.2) is 7.11 Å². The molecule has 1 heteroatoms. The standard InChI is InChI=1S/C15H18O/c1-11-4-5-14(10-12(11)2)13-6-8-15(16-3)9-7-13/h5-11H,4H2,1-3H3. The zero-order chi connectivity index (χ0) is 11.5. The average Bonchev–Trinajstić information content (AvgIpc) is 2.33. The van der Waals surface area contributed by atoms with Gasteiger partial charge < -0.3 is 4.74 Å². The van der Waals surface area contributed by atoms with Gasteiger partial charge in [-0.05, 0) is 42.5 Å². The molecule has 1 unspecified atom stereocenters. The lowest BCUT2D eigenvalue weighted by Gasteiger charge is -2.17.